The van der Waals surface area contributed by atoms with E-state index < -0.39 is 5.41 Å². The van der Waals surface area contributed by atoms with Crippen LogP contribution in [0, 0.1) is 29.1 Å². The molecule has 3 rings (SSSR count). The third-order valence-electron chi connectivity index (χ3n) is 7.66. The number of carbonyl (C=O) groups excluding carboxylic acids is 2. The standard InChI is InChI=1S/C26H40O5/c1-7-26(4,5)25(28)31-22-13-16(2)12-18-9-8-17(3)21(24(18)22)11-10-19-14-20(29-6)15-23(27)30-19/h8-9,12,16-17,19-22,24H,7,10-11,13-15H2,1-6H3/t16-,17-,19+,20-,21-,22-,24-/m0/s1. The average molecular weight is 433 g/mol. The van der Waals surface area contributed by atoms with Gasteiger partial charge in [0, 0.05) is 19.4 Å². The summed E-state index contributed by atoms with van der Waals surface area (Å²) in [6.45, 7) is 10.4. The van der Waals surface area contributed by atoms with E-state index in [2.05, 4.69) is 32.1 Å². The van der Waals surface area contributed by atoms with E-state index in [1.807, 2.05) is 20.8 Å². The first-order chi connectivity index (χ1) is 14.6. The number of fused-ring (bicyclic) bond motifs is 1. The lowest BCUT2D eigenvalue weighted by Crippen LogP contribution is -2.43. The van der Waals surface area contributed by atoms with Crippen LogP contribution in [0.25, 0.3) is 0 Å². The molecular weight excluding hydrogens is 392 g/mol. The van der Waals surface area contributed by atoms with Crippen molar-refractivity contribution in [2.24, 2.45) is 29.1 Å². The molecule has 1 fully saturated rings. The van der Waals surface area contributed by atoms with Crippen LogP contribution in [0.2, 0.25) is 0 Å². The third kappa shape index (κ3) is 5.60. The van der Waals surface area contributed by atoms with Crippen molar-refractivity contribution in [3.8, 4) is 0 Å². The van der Waals surface area contributed by atoms with E-state index in [-0.39, 0.29) is 36.2 Å². The van der Waals surface area contributed by atoms with Crippen LogP contribution in [0.3, 0.4) is 0 Å². The third-order valence-corrected chi connectivity index (χ3v) is 7.66. The fourth-order valence-electron chi connectivity index (χ4n) is 5.24. The lowest BCUT2D eigenvalue weighted by Gasteiger charge is -2.44. The molecule has 5 heteroatoms. The maximum absolute atomic E-state index is 12.9. The highest BCUT2D eigenvalue weighted by molar-refractivity contribution is 5.76. The number of hydrogen-bond donors (Lipinski definition) is 0. The molecule has 0 amide bonds. The summed E-state index contributed by atoms with van der Waals surface area (Å²) in [5.74, 6) is 1.06. The Morgan fingerprint density at radius 1 is 1.23 bits per heavy atom. The predicted octanol–water partition coefficient (Wildman–Crippen LogP) is 5.24. The molecule has 5 nitrogen and oxygen atoms in total. The Hall–Kier alpha value is -1.62. The van der Waals surface area contributed by atoms with Crippen molar-refractivity contribution in [1.82, 2.24) is 0 Å². The normalized spacial score (nSPS) is 35.7. The van der Waals surface area contributed by atoms with Crippen LogP contribution >= 0.6 is 0 Å². The topological polar surface area (TPSA) is 61.8 Å². The molecule has 0 bridgehead atoms. The second-order valence-corrected chi connectivity index (χ2v) is 10.5. The molecule has 0 spiro atoms. The van der Waals surface area contributed by atoms with Crippen molar-refractivity contribution < 1.29 is 23.8 Å². The largest absolute Gasteiger partial charge is 0.462 e. The number of carbonyl (C=O) groups is 2. The molecular formula is C26H40O5. The first kappa shape index (κ1) is 24.0. The van der Waals surface area contributed by atoms with Crippen molar-refractivity contribution in [2.45, 2.75) is 91.5 Å². The van der Waals surface area contributed by atoms with Crippen LogP contribution in [0.15, 0.2) is 23.8 Å². The van der Waals surface area contributed by atoms with Gasteiger partial charge in [-0.05, 0) is 62.9 Å². The minimum atomic E-state index is -0.471. The summed E-state index contributed by atoms with van der Waals surface area (Å²) in [5.41, 5.74) is 0.825. The first-order valence-corrected chi connectivity index (χ1v) is 12.0. The lowest BCUT2D eigenvalue weighted by atomic mass is 9.65. The summed E-state index contributed by atoms with van der Waals surface area (Å²) in [7, 11) is 1.66. The number of cyclic esters (lactones) is 1. The number of hydrogen-bond acceptors (Lipinski definition) is 5. The fraction of sp³-hybridized carbons (Fsp3) is 0.769. The molecule has 1 aliphatic heterocycles. The Morgan fingerprint density at radius 2 is 1.97 bits per heavy atom. The second-order valence-electron chi connectivity index (χ2n) is 10.5. The molecule has 1 saturated heterocycles. The molecule has 2 aliphatic carbocycles. The van der Waals surface area contributed by atoms with E-state index in [1.165, 1.54) is 5.57 Å². The van der Waals surface area contributed by atoms with E-state index in [0.717, 1.165) is 32.1 Å². The zero-order chi connectivity index (χ0) is 22.8. The van der Waals surface area contributed by atoms with E-state index in [1.54, 1.807) is 7.11 Å². The van der Waals surface area contributed by atoms with Gasteiger partial charge in [-0.15, -0.1) is 0 Å². The smallest absolute Gasteiger partial charge is 0.311 e. The summed E-state index contributed by atoms with van der Waals surface area (Å²) in [6, 6.07) is 0. The SMILES string of the molecule is CCC(C)(C)C(=O)O[C@H]1C[C@@H](C)C=C2C=C[C@H](C)[C@H](CC[C@@H]3C[C@H](OC)CC(=O)O3)[C@H]21. The van der Waals surface area contributed by atoms with Crippen molar-refractivity contribution in [1.29, 1.82) is 0 Å². The summed E-state index contributed by atoms with van der Waals surface area (Å²) >= 11 is 0. The van der Waals surface area contributed by atoms with Crippen molar-refractivity contribution in [3.63, 3.8) is 0 Å². The van der Waals surface area contributed by atoms with E-state index in [9.17, 15) is 9.59 Å². The number of methoxy groups -OCH3 is 1. The quantitative estimate of drug-likeness (QED) is 0.515. The van der Waals surface area contributed by atoms with Crippen LogP contribution in [-0.4, -0.2) is 37.4 Å². The van der Waals surface area contributed by atoms with E-state index >= 15 is 0 Å². The molecule has 31 heavy (non-hydrogen) atoms. The summed E-state index contributed by atoms with van der Waals surface area (Å²) in [6.07, 6.45) is 11.1. The Bertz CT molecular complexity index is 721. The van der Waals surface area contributed by atoms with Crippen molar-refractivity contribution in [3.05, 3.63) is 23.8 Å². The number of allylic oxidation sites excluding steroid dienone is 3. The Morgan fingerprint density at radius 3 is 2.65 bits per heavy atom. The van der Waals surface area contributed by atoms with Gasteiger partial charge in [0.1, 0.15) is 12.2 Å². The van der Waals surface area contributed by atoms with Gasteiger partial charge < -0.3 is 14.2 Å². The van der Waals surface area contributed by atoms with Gasteiger partial charge >= 0.3 is 11.9 Å². The van der Waals surface area contributed by atoms with Gasteiger partial charge in [0.15, 0.2) is 0 Å². The first-order valence-electron chi connectivity index (χ1n) is 12.0. The van der Waals surface area contributed by atoms with Gasteiger partial charge in [-0.3, -0.25) is 9.59 Å². The van der Waals surface area contributed by atoms with Crippen LogP contribution in [0.4, 0.5) is 0 Å². The average Bonchev–Trinajstić information content (AvgIpc) is 2.72. The second kappa shape index (κ2) is 9.89. The van der Waals surface area contributed by atoms with Crippen LogP contribution in [0.1, 0.15) is 73.1 Å². The minimum Gasteiger partial charge on any atom is -0.462 e. The van der Waals surface area contributed by atoms with E-state index in [4.69, 9.17) is 14.2 Å². The van der Waals surface area contributed by atoms with Gasteiger partial charge in [0.25, 0.3) is 0 Å². The molecule has 3 aliphatic rings. The van der Waals surface area contributed by atoms with Gasteiger partial charge in [-0.1, -0.05) is 39.0 Å². The summed E-state index contributed by atoms with van der Waals surface area (Å²) < 4.78 is 17.2. The summed E-state index contributed by atoms with van der Waals surface area (Å²) in [4.78, 5) is 24.9. The number of ether oxygens (including phenoxy) is 3. The van der Waals surface area contributed by atoms with Crippen LogP contribution in [0.5, 0.6) is 0 Å². The molecule has 174 valence electrons. The maximum atomic E-state index is 12.9. The zero-order valence-electron chi connectivity index (χ0n) is 20.1. The van der Waals surface area contributed by atoms with Crippen LogP contribution < -0.4 is 0 Å². The van der Waals surface area contributed by atoms with Crippen molar-refractivity contribution in [2.75, 3.05) is 7.11 Å². The molecule has 0 unspecified atom stereocenters. The molecule has 0 aromatic heterocycles. The highest BCUT2D eigenvalue weighted by Crippen LogP contribution is 2.45. The predicted molar refractivity (Wildman–Crippen MR) is 120 cm³/mol. The number of esters is 2. The Kier molecular flexibility index (Phi) is 7.67. The summed E-state index contributed by atoms with van der Waals surface area (Å²) in [5, 5.41) is 0. The molecule has 1 heterocycles. The molecule has 0 radical (unpaired) electrons. The number of rotatable bonds is 7. The van der Waals surface area contributed by atoms with Gasteiger partial charge in [0.05, 0.1) is 17.9 Å². The van der Waals surface area contributed by atoms with E-state index in [0.29, 0.717) is 24.2 Å². The Labute approximate surface area is 187 Å². The maximum Gasteiger partial charge on any atom is 0.311 e. The van der Waals surface area contributed by atoms with Crippen LogP contribution in [-0.2, 0) is 23.8 Å². The monoisotopic (exact) mass is 432 g/mol. The molecule has 7 atom stereocenters. The highest BCUT2D eigenvalue weighted by atomic mass is 16.6. The fourth-order valence-corrected chi connectivity index (χ4v) is 5.24. The minimum absolute atomic E-state index is 0.0501. The lowest BCUT2D eigenvalue weighted by molar-refractivity contribution is -0.166. The highest BCUT2D eigenvalue weighted by Gasteiger charge is 2.43. The van der Waals surface area contributed by atoms with Gasteiger partial charge in [0.2, 0.25) is 0 Å². The van der Waals surface area contributed by atoms with Gasteiger partial charge in [-0.2, -0.15) is 0 Å². The Balaban J connectivity index is 1.75. The molecule has 0 N–H and O–H groups in total. The van der Waals surface area contributed by atoms with Crippen molar-refractivity contribution >= 4 is 11.9 Å². The molecule has 0 aromatic rings. The zero-order valence-corrected chi connectivity index (χ0v) is 20.1. The van der Waals surface area contributed by atoms with Gasteiger partial charge in [-0.25, -0.2) is 0 Å². The molecule has 0 aromatic carbocycles. The molecule has 0 saturated carbocycles.